The van der Waals surface area contributed by atoms with Crippen molar-refractivity contribution in [3.8, 4) is 11.1 Å². The molecule has 0 heterocycles. The zero-order valence-electron chi connectivity index (χ0n) is 10.2. The van der Waals surface area contributed by atoms with Crippen LogP contribution in [0.15, 0.2) is 42.5 Å². The van der Waals surface area contributed by atoms with E-state index in [9.17, 15) is 14.0 Å². The van der Waals surface area contributed by atoms with Crippen molar-refractivity contribution in [1.82, 2.24) is 0 Å². The van der Waals surface area contributed by atoms with Crippen molar-refractivity contribution in [1.29, 1.82) is 0 Å². The average Bonchev–Trinajstić information content (AvgIpc) is 2.46. The van der Waals surface area contributed by atoms with Crippen LogP contribution in [0.4, 0.5) is 4.39 Å². The van der Waals surface area contributed by atoms with Crippen LogP contribution >= 0.6 is 0 Å². The first-order chi connectivity index (χ1) is 9.15. The lowest BCUT2D eigenvalue weighted by Crippen LogP contribution is -2.04. The lowest BCUT2D eigenvalue weighted by atomic mass is 9.98. The molecule has 0 spiro atoms. The number of hydrogen-bond donors (Lipinski definition) is 0. The van der Waals surface area contributed by atoms with Crippen molar-refractivity contribution >= 4 is 12.3 Å². The highest BCUT2D eigenvalue weighted by Crippen LogP contribution is 2.25. The predicted molar refractivity (Wildman–Crippen MR) is 68.6 cm³/mol. The van der Waals surface area contributed by atoms with Gasteiger partial charge in [-0.05, 0) is 29.3 Å². The molecule has 96 valence electrons. The molecule has 0 saturated carbocycles. The average molecular weight is 258 g/mol. The first-order valence-electron chi connectivity index (χ1n) is 5.59. The van der Waals surface area contributed by atoms with Crippen molar-refractivity contribution in [2.75, 3.05) is 7.11 Å². The summed E-state index contributed by atoms with van der Waals surface area (Å²) in [6.07, 6.45) is 0.719. The van der Waals surface area contributed by atoms with E-state index in [1.54, 1.807) is 24.3 Å². The Morgan fingerprint density at radius 3 is 2.42 bits per heavy atom. The van der Waals surface area contributed by atoms with Gasteiger partial charge in [0.25, 0.3) is 0 Å². The summed E-state index contributed by atoms with van der Waals surface area (Å²) in [5, 5.41) is 0. The van der Waals surface area contributed by atoms with Gasteiger partial charge in [0.1, 0.15) is 12.1 Å². The van der Waals surface area contributed by atoms with Crippen LogP contribution in [0, 0.1) is 5.82 Å². The minimum Gasteiger partial charge on any atom is -0.465 e. The van der Waals surface area contributed by atoms with Crippen LogP contribution < -0.4 is 0 Å². The molecule has 0 aliphatic rings. The molecule has 3 nitrogen and oxygen atoms in total. The molecule has 0 aliphatic heterocycles. The molecule has 0 atom stereocenters. The molecule has 2 aromatic carbocycles. The van der Waals surface area contributed by atoms with Gasteiger partial charge >= 0.3 is 5.97 Å². The molecule has 0 bridgehead atoms. The van der Waals surface area contributed by atoms with E-state index in [1.807, 2.05) is 0 Å². The van der Waals surface area contributed by atoms with E-state index in [4.69, 9.17) is 0 Å². The van der Waals surface area contributed by atoms with Crippen LogP contribution in [0.5, 0.6) is 0 Å². The van der Waals surface area contributed by atoms with Gasteiger partial charge in [-0.25, -0.2) is 9.18 Å². The number of halogens is 1. The van der Waals surface area contributed by atoms with Gasteiger partial charge in [-0.3, -0.25) is 4.79 Å². The Balaban J connectivity index is 2.55. The molecule has 0 unspecified atom stereocenters. The van der Waals surface area contributed by atoms with Gasteiger partial charge in [0.2, 0.25) is 0 Å². The molecular weight excluding hydrogens is 247 g/mol. The highest BCUT2D eigenvalue weighted by molar-refractivity contribution is 5.97. The molecule has 0 fully saturated rings. The number of hydrogen-bond acceptors (Lipinski definition) is 3. The van der Waals surface area contributed by atoms with E-state index in [0.29, 0.717) is 16.7 Å². The summed E-state index contributed by atoms with van der Waals surface area (Å²) >= 11 is 0. The summed E-state index contributed by atoms with van der Waals surface area (Å²) in [5.74, 6) is -0.975. The first-order valence-corrected chi connectivity index (χ1v) is 5.59. The number of aldehydes is 1. The van der Waals surface area contributed by atoms with Crippen molar-refractivity contribution in [2.24, 2.45) is 0 Å². The third-order valence-electron chi connectivity index (χ3n) is 2.74. The quantitative estimate of drug-likeness (QED) is 0.627. The predicted octanol–water partition coefficient (Wildman–Crippen LogP) is 3.09. The Hall–Kier alpha value is -2.49. The van der Waals surface area contributed by atoms with E-state index in [-0.39, 0.29) is 5.56 Å². The molecule has 0 N–H and O–H groups in total. The number of esters is 1. The second-order valence-corrected chi connectivity index (χ2v) is 3.92. The molecule has 0 radical (unpaired) electrons. The third kappa shape index (κ3) is 2.68. The largest absolute Gasteiger partial charge is 0.465 e. The maximum atomic E-state index is 13.3. The monoisotopic (exact) mass is 258 g/mol. The number of benzene rings is 2. The summed E-state index contributed by atoms with van der Waals surface area (Å²) in [5.41, 5.74) is 1.87. The van der Waals surface area contributed by atoms with Crippen LogP contribution in [0.2, 0.25) is 0 Å². The molecule has 0 saturated heterocycles. The SMILES string of the molecule is COC(=O)c1ccc(F)cc1-c1ccc(C=O)cc1. The van der Waals surface area contributed by atoms with E-state index < -0.39 is 11.8 Å². The van der Waals surface area contributed by atoms with Crippen molar-refractivity contribution in [3.63, 3.8) is 0 Å². The van der Waals surface area contributed by atoms with Gasteiger partial charge in [-0.2, -0.15) is 0 Å². The van der Waals surface area contributed by atoms with Crippen molar-refractivity contribution in [3.05, 3.63) is 59.4 Å². The smallest absolute Gasteiger partial charge is 0.338 e. The Kier molecular flexibility index (Phi) is 3.71. The van der Waals surface area contributed by atoms with Gasteiger partial charge in [0.05, 0.1) is 12.7 Å². The number of carbonyl (C=O) groups excluding carboxylic acids is 2. The number of rotatable bonds is 3. The Bertz CT molecular complexity index is 618. The Morgan fingerprint density at radius 1 is 1.16 bits per heavy atom. The van der Waals surface area contributed by atoms with Gasteiger partial charge in [0.15, 0.2) is 0 Å². The van der Waals surface area contributed by atoms with Crippen LogP contribution in [0.3, 0.4) is 0 Å². The second kappa shape index (κ2) is 5.44. The maximum absolute atomic E-state index is 13.3. The first kappa shape index (κ1) is 13.0. The molecule has 2 rings (SSSR count). The fourth-order valence-corrected chi connectivity index (χ4v) is 1.78. The maximum Gasteiger partial charge on any atom is 0.338 e. The number of carbonyl (C=O) groups is 2. The normalized spacial score (nSPS) is 10.0. The van der Waals surface area contributed by atoms with Gasteiger partial charge in [-0.15, -0.1) is 0 Å². The van der Waals surface area contributed by atoms with E-state index in [0.717, 1.165) is 6.29 Å². The Labute approximate surface area is 109 Å². The number of methoxy groups -OCH3 is 1. The van der Waals surface area contributed by atoms with Crippen LogP contribution in [-0.4, -0.2) is 19.4 Å². The minimum absolute atomic E-state index is 0.280. The van der Waals surface area contributed by atoms with Crippen LogP contribution in [0.25, 0.3) is 11.1 Å². The minimum atomic E-state index is -0.533. The summed E-state index contributed by atoms with van der Waals surface area (Å²) in [6.45, 7) is 0. The van der Waals surface area contributed by atoms with E-state index >= 15 is 0 Å². The highest BCUT2D eigenvalue weighted by atomic mass is 19.1. The Morgan fingerprint density at radius 2 is 1.84 bits per heavy atom. The van der Waals surface area contributed by atoms with Crippen LogP contribution in [-0.2, 0) is 4.74 Å². The van der Waals surface area contributed by atoms with Crippen LogP contribution in [0.1, 0.15) is 20.7 Å². The highest BCUT2D eigenvalue weighted by Gasteiger charge is 2.14. The van der Waals surface area contributed by atoms with E-state index in [2.05, 4.69) is 4.74 Å². The zero-order chi connectivity index (χ0) is 13.8. The molecule has 2 aromatic rings. The van der Waals surface area contributed by atoms with Gasteiger partial charge in [0, 0.05) is 5.56 Å². The molecule has 0 amide bonds. The lowest BCUT2D eigenvalue weighted by molar-refractivity contribution is 0.0601. The standard InChI is InChI=1S/C15H11FO3/c1-19-15(18)13-7-6-12(16)8-14(13)11-4-2-10(9-17)3-5-11/h2-9H,1H3. The van der Waals surface area contributed by atoms with Gasteiger partial charge < -0.3 is 4.74 Å². The summed E-state index contributed by atoms with van der Waals surface area (Å²) in [6, 6.07) is 10.4. The summed E-state index contributed by atoms with van der Waals surface area (Å²) < 4.78 is 18.0. The number of ether oxygens (including phenoxy) is 1. The topological polar surface area (TPSA) is 43.4 Å². The van der Waals surface area contributed by atoms with E-state index in [1.165, 1.54) is 25.3 Å². The summed E-state index contributed by atoms with van der Waals surface area (Å²) in [7, 11) is 1.27. The summed E-state index contributed by atoms with van der Waals surface area (Å²) in [4.78, 5) is 22.2. The fourth-order valence-electron chi connectivity index (χ4n) is 1.78. The molecule has 4 heteroatoms. The third-order valence-corrected chi connectivity index (χ3v) is 2.74. The second-order valence-electron chi connectivity index (χ2n) is 3.92. The zero-order valence-corrected chi connectivity index (χ0v) is 10.2. The van der Waals surface area contributed by atoms with Gasteiger partial charge in [-0.1, -0.05) is 24.3 Å². The van der Waals surface area contributed by atoms with Crippen molar-refractivity contribution < 1.29 is 18.7 Å². The molecule has 0 aromatic heterocycles. The molecule has 19 heavy (non-hydrogen) atoms. The van der Waals surface area contributed by atoms with Crippen molar-refractivity contribution in [2.45, 2.75) is 0 Å². The lowest BCUT2D eigenvalue weighted by Gasteiger charge is -2.08. The molecular formula is C15H11FO3. The molecule has 0 aliphatic carbocycles. The fraction of sp³-hybridized carbons (Fsp3) is 0.0667.